The molecule has 1 atom stereocenters. The van der Waals surface area contributed by atoms with Crippen LogP contribution >= 0.6 is 27.3 Å². The Kier molecular flexibility index (Phi) is 4.02. The molecule has 2 rings (SSSR count). The van der Waals surface area contributed by atoms with Crippen molar-refractivity contribution in [3.05, 3.63) is 45.2 Å². The molecule has 1 aromatic carbocycles. The van der Waals surface area contributed by atoms with E-state index in [1.165, 1.54) is 25.4 Å². The van der Waals surface area contributed by atoms with Gasteiger partial charge in [0.05, 0.1) is 0 Å². The Bertz CT molecular complexity index is 519. The van der Waals surface area contributed by atoms with E-state index in [0.29, 0.717) is 6.04 Å². The Morgan fingerprint density at radius 3 is 2.65 bits per heavy atom. The summed E-state index contributed by atoms with van der Waals surface area (Å²) in [5.74, 6) is 0. The zero-order valence-corrected chi connectivity index (χ0v) is 12.7. The van der Waals surface area contributed by atoms with E-state index in [4.69, 9.17) is 0 Å². The Hall–Kier alpha value is -0.640. The fourth-order valence-electron chi connectivity index (χ4n) is 1.63. The van der Waals surface area contributed by atoms with E-state index in [-0.39, 0.29) is 0 Å². The van der Waals surface area contributed by atoms with Crippen molar-refractivity contribution in [2.24, 2.45) is 0 Å². The number of nitrogens with one attached hydrogen (secondary N) is 1. The van der Waals surface area contributed by atoms with E-state index in [0.717, 1.165) is 0 Å². The van der Waals surface area contributed by atoms with Gasteiger partial charge in [-0.25, -0.2) is 0 Å². The van der Waals surface area contributed by atoms with Crippen LogP contribution in [0.3, 0.4) is 0 Å². The minimum atomic E-state index is 0.419. The van der Waals surface area contributed by atoms with Crippen molar-refractivity contribution < 1.29 is 0 Å². The Morgan fingerprint density at radius 1 is 1.24 bits per heavy atom. The molecule has 90 valence electrons. The summed E-state index contributed by atoms with van der Waals surface area (Å²) < 4.78 is 1.17. The first-order valence-corrected chi connectivity index (χ1v) is 7.26. The molecule has 0 radical (unpaired) electrons. The molecule has 0 bridgehead atoms. The summed E-state index contributed by atoms with van der Waals surface area (Å²) in [5.41, 5.74) is 2.55. The summed E-state index contributed by atoms with van der Waals surface area (Å²) >= 11 is 5.43. The third-order valence-electron chi connectivity index (χ3n) is 2.94. The summed E-state index contributed by atoms with van der Waals surface area (Å²) in [4.78, 5) is 2.70. The van der Waals surface area contributed by atoms with Crippen molar-refractivity contribution in [1.29, 1.82) is 0 Å². The molecule has 1 N–H and O–H groups in total. The number of hydrogen-bond acceptors (Lipinski definition) is 2. The van der Waals surface area contributed by atoms with Crippen LogP contribution in [-0.2, 0) is 0 Å². The standard InChI is InChI=1S/C14H16BrNS/c1-9-4-5-11(8-12(9)15)14-7-6-13(17-14)10(2)16-3/h4-8,10,16H,1-3H3. The first-order chi connectivity index (χ1) is 8.11. The zero-order valence-electron chi connectivity index (χ0n) is 10.3. The van der Waals surface area contributed by atoms with Crippen molar-refractivity contribution in [3.63, 3.8) is 0 Å². The van der Waals surface area contributed by atoms with Crippen LogP contribution in [0.25, 0.3) is 10.4 Å². The molecule has 1 heterocycles. The molecule has 0 saturated carbocycles. The van der Waals surface area contributed by atoms with Gasteiger partial charge in [0.1, 0.15) is 0 Å². The van der Waals surface area contributed by atoms with Gasteiger partial charge in [-0.1, -0.05) is 28.1 Å². The Labute approximate surface area is 115 Å². The lowest BCUT2D eigenvalue weighted by Gasteiger charge is -2.06. The summed E-state index contributed by atoms with van der Waals surface area (Å²) in [5, 5.41) is 3.27. The molecule has 0 amide bonds. The third kappa shape index (κ3) is 2.79. The van der Waals surface area contributed by atoms with Gasteiger partial charge in [0.25, 0.3) is 0 Å². The first-order valence-electron chi connectivity index (χ1n) is 5.65. The minimum absolute atomic E-state index is 0.419. The first kappa shape index (κ1) is 12.8. The molecule has 0 fully saturated rings. The lowest BCUT2D eigenvalue weighted by molar-refractivity contribution is 0.664. The van der Waals surface area contributed by atoms with Gasteiger partial charge in [0, 0.05) is 20.3 Å². The number of rotatable bonds is 3. The normalized spacial score (nSPS) is 12.7. The lowest BCUT2D eigenvalue weighted by Crippen LogP contribution is -2.10. The molecular weight excluding hydrogens is 294 g/mol. The van der Waals surface area contributed by atoms with E-state index in [9.17, 15) is 0 Å². The minimum Gasteiger partial charge on any atom is -0.313 e. The predicted molar refractivity (Wildman–Crippen MR) is 79.7 cm³/mol. The molecule has 1 nitrogen and oxygen atoms in total. The van der Waals surface area contributed by atoms with Crippen LogP contribution in [-0.4, -0.2) is 7.05 Å². The highest BCUT2D eigenvalue weighted by Crippen LogP contribution is 2.33. The molecule has 3 heteroatoms. The maximum Gasteiger partial charge on any atom is 0.0383 e. The molecule has 1 unspecified atom stereocenters. The van der Waals surface area contributed by atoms with E-state index in [2.05, 4.69) is 65.4 Å². The second kappa shape index (κ2) is 5.34. The van der Waals surface area contributed by atoms with Gasteiger partial charge >= 0.3 is 0 Å². The second-order valence-electron chi connectivity index (χ2n) is 4.18. The predicted octanol–water partition coefficient (Wildman–Crippen LogP) is 4.77. The SMILES string of the molecule is CNC(C)c1ccc(-c2ccc(C)c(Br)c2)s1. The molecule has 17 heavy (non-hydrogen) atoms. The summed E-state index contributed by atoms with van der Waals surface area (Å²) in [7, 11) is 1.99. The highest BCUT2D eigenvalue weighted by Gasteiger charge is 2.08. The fraction of sp³-hybridized carbons (Fsp3) is 0.286. The van der Waals surface area contributed by atoms with Crippen LogP contribution < -0.4 is 5.32 Å². The van der Waals surface area contributed by atoms with Crippen LogP contribution in [0, 0.1) is 6.92 Å². The number of benzene rings is 1. The highest BCUT2D eigenvalue weighted by molar-refractivity contribution is 9.10. The van der Waals surface area contributed by atoms with Gasteiger partial charge in [-0.05, 0) is 50.2 Å². The van der Waals surface area contributed by atoms with E-state index in [1.807, 2.05) is 18.4 Å². The summed E-state index contributed by atoms with van der Waals surface area (Å²) in [6.07, 6.45) is 0. The summed E-state index contributed by atoms with van der Waals surface area (Å²) in [6.45, 7) is 4.29. The van der Waals surface area contributed by atoms with Crippen LogP contribution in [0.4, 0.5) is 0 Å². The monoisotopic (exact) mass is 309 g/mol. The van der Waals surface area contributed by atoms with E-state index < -0.39 is 0 Å². The number of hydrogen-bond donors (Lipinski definition) is 1. The van der Waals surface area contributed by atoms with Crippen molar-refractivity contribution in [3.8, 4) is 10.4 Å². The second-order valence-corrected chi connectivity index (χ2v) is 6.15. The van der Waals surface area contributed by atoms with Gasteiger partial charge < -0.3 is 5.32 Å². The number of halogens is 1. The lowest BCUT2D eigenvalue weighted by atomic mass is 10.1. The molecule has 0 aliphatic carbocycles. The van der Waals surface area contributed by atoms with Crippen molar-refractivity contribution in [2.45, 2.75) is 19.9 Å². The van der Waals surface area contributed by atoms with Crippen molar-refractivity contribution in [1.82, 2.24) is 5.32 Å². The van der Waals surface area contributed by atoms with Gasteiger partial charge in [-0.2, -0.15) is 0 Å². The maximum atomic E-state index is 3.59. The largest absolute Gasteiger partial charge is 0.313 e. The van der Waals surface area contributed by atoms with Gasteiger partial charge in [0.15, 0.2) is 0 Å². The Morgan fingerprint density at radius 2 is 2.00 bits per heavy atom. The Balaban J connectivity index is 2.33. The van der Waals surface area contributed by atoms with Gasteiger partial charge in [-0.3, -0.25) is 0 Å². The van der Waals surface area contributed by atoms with Crippen molar-refractivity contribution >= 4 is 27.3 Å². The van der Waals surface area contributed by atoms with E-state index >= 15 is 0 Å². The molecule has 0 spiro atoms. The van der Waals surface area contributed by atoms with Crippen LogP contribution in [0.1, 0.15) is 23.4 Å². The molecule has 1 aromatic heterocycles. The highest BCUT2D eigenvalue weighted by atomic mass is 79.9. The molecule has 2 aromatic rings. The third-order valence-corrected chi connectivity index (χ3v) is 5.11. The average Bonchev–Trinajstić information content (AvgIpc) is 2.81. The quantitative estimate of drug-likeness (QED) is 0.861. The molecule has 0 aliphatic heterocycles. The topological polar surface area (TPSA) is 12.0 Å². The van der Waals surface area contributed by atoms with Crippen molar-refractivity contribution in [2.75, 3.05) is 7.05 Å². The fourth-order valence-corrected chi connectivity index (χ4v) is 3.07. The maximum absolute atomic E-state index is 3.59. The average molecular weight is 310 g/mol. The number of thiophene rings is 1. The number of aryl methyl sites for hydroxylation is 1. The van der Waals surface area contributed by atoms with Crippen LogP contribution in [0.2, 0.25) is 0 Å². The zero-order chi connectivity index (χ0) is 12.4. The van der Waals surface area contributed by atoms with Gasteiger partial charge in [-0.15, -0.1) is 11.3 Å². The molecular formula is C14H16BrNS. The van der Waals surface area contributed by atoms with Gasteiger partial charge in [0.2, 0.25) is 0 Å². The van der Waals surface area contributed by atoms with Crippen LogP contribution in [0.5, 0.6) is 0 Å². The molecule has 0 aliphatic rings. The smallest absolute Gasteiger partial charge is 0.0383 e. The van der Waals surface area contributed by atoms with E-state index in [1.54, 1.807) is 0 Å². The molecule has 0 saturated heterocycles. The summed E-state index contributed by atoms with van der Waals surface area (Å²) in [6, 6.07) is 11.3. The van der Waals surface area contributed by atoms with Crippen LogP contribution in [0.15, 0.2) is 34.8 Å².